The highest BCUT2D eigenvalue weighted by molar-refractivity contribution is 5.91. The van der Waals surface area contributed by atoms with E-state index in [9.17, 15) is 9.59 Å². The van der Waals surface area contributed by atoms with E-state index in [1.54, 1.807) is 0 Å². The first-order valence-electron chi connectivity index (χ1n) is 10.1. The molecule has 4 heteroatoms. The van der Waals surface area contributed by atoms with Crippen molar-refractivity contribution < 1.29 is 9.59 Å². The van der Waals surface area contributed by atoms with Gasteiger partial charge < -0.3 is 11.1 Å². The van der Waals surface area contributed by atoms with Crippen molar-refractivity contribution in [1.29, 1.82) is 0 Å². The molecule has 0 aliphatic heterocycles. The Morgan fingerprint density at radius 3 is 2.19 bits per heavy atom. The van der Waals surface area contributed by atoms with Gasteiger partial charge in [-0.25, -0.2) is 0 Å². The van der Waals surface area contributed by atoms with Gasteiger partial charge in [0.1, 0.15) is 0 Å². The van der Waals surface area contributed by atoms with Crippen molar-refractivity contribution in [3.8, 4) is 0 Å². The van der Waals surface area contributed by atoms with Gasteiger partial charge in [0.05, 0.1) is 5.41 Å². The molecule has 1 aromatic carbocycles. The summed E-state index contributed by atoms with van der Waals surface area (Å²) >= 11 is 0. The van der Waals surface area contributed by atoms with Crippen LogP contribution in [-0.4, -0.2) is 17.9 Å². The number of hydrogen-bond acceptors (Lipinski definition) is 2. The number of primary amides is 1. The Kier molecular flexibility index (Phi) is 3.35. The molecule has 2 unspecified atom stereocenters. The first-order valence-corrected chi connectivity index (χ1v) is 10.1. The fraction of sp³-hybridized carbons (Fsp3) is 0.636. The highest BCUT2D eigenvalue weighted by Gasteiger charge is 2.59. The molecule has 5 aliphatic carbocycles. The maximum Gasteiger partial charge on any atom is 0.230 e. The van der Waals surface area contributed by atoms with Crippen LogP contribution in [0.5, 0.6) is 0 Å². The van der Waals surface area contributed by atoms with Crippen LogP contribution in [0.15, 0.2) is 24.3 Å². The third-order valence-corrected chi connectivity index (χ3v) is 7.88. The van der Waals surface area contributed by atoms with Gasteiger partial charge in [0, 0.05) is 11.5 Å². The summed E-state index contributed by atoms with van der Waals surface area (Å²) in [6, 6.07) is 8.65. The van der Waals surface area contributed by atoms with Crippen molar-refractivity contribution in [3.63, 3.8) is 0 Å². The van der Waals surface area contributed by atoms with Crippen LogP contribution in [0.2, 0.25) is 0 Å². The summed E-state index contributed by atoms with van der Waals surface area (Å²) < 4.78 is 0. The number of amides is 2. The van der Waals surface area contributed by atoms with Crippen LogP contribution in [0.4, 0.5) is 0 Å². The Morgan fingerprint density at radius 2 is 1.65 bits per heavy atom. The molecule has 0 saturated heterocycles. The molecule has 0 radical (unpaired) electrons. The minimum atomic E-state index is -0.316. The average Bonchev–Trinajstić information content (AvgIpc) is 3.40. The van der Waals surface area contributed by atoms with Crippen LogP contribution in [0.1, 0.15) is 56.1 Å². The van der Waals surface area contributed by atoms with E-state index >= 15 is 0 Å². The number of benzene rings is 1. The van der Waals surface area contributed by atoms with Gasteiger partial charge >= 0.3 is 0 Å². The summed E-state index contributed by atoms with van der Waals surface area (Å²) in [7, 11) is 0. The number of nitrogens with two attached hydrogens (primary N) is 1. The van der Waals surface area contributed by atoms with Crippen molar-refractivity contribution in [2.45, 2.75) is 63.3 Å². The minimum absolute atomic E-state index is 0.111. The second-order valence-electron chi connectivity index (χ2n) is 9.56. The van der Waals surface area contributed by atoms with Crippen LogP contribution >= 0.6 is 0 Å². The van der Waals surface area contributed by atoms with E-state index in [2.05, 4.69) is 36.5 Å². The molecule has 2 atom stereocenters. The van der Waals surface area contributed by atoms with Gasteiger partial charge in [0.15, 0.2) is 0 Å². The van der Waals surface area contributed by atoms with E-state index in [0.717, 1.165) is 50.5 Å². The number of rotatable bonds is 4. The molecular formula is C22H28N2O2. The molecule has 3 N–H and O–H groups in total. The van der Waals surface area contributed by atoms with Gasteiger partial charge in [-0.15, -0.1) is 0 Å². The molecule has 0 aromatic heterocycles. The van der Waals surface area contributed by atoms with E-state index in [1.807, 2.05) is 0 Å². The van der Waals surface area contributed by atoms with Gasteiger partial charge in [-0.1, -0.05) is 29.8 Å². The average molecular weight is 352 g/mol. The molecule has 4 bridgehead atoms. The normalized spacial score (nSPS) is 38.8. The first kappa shape index (κ1) is 16.3. The van der Waals surface area contributed by atoms with E-state index < -0.39 is 0 Å². The lowest BCUT2D eigenvalue weighted by molar-refractivity contribution is -0.147. The highest BCUT2D eigenvalue weighted by Crippen LogP contribution is 2.60. The topological polar surface area (TPSA) is 72.2 Å². The summed E-state index contributed by atoms with van der Waals surface area (Å²) in [4.78, 5) is 25.3. The molecule has 5 fully saturated rings. The Hall–Kier alpha value is -1.84. The predicted octanol–water partition coefficient (Wildman–Crippen LogP) is 2.82. The molecule has 6 rings (SSSR count). The lowest BCUT2D eigenvalue weighted by Crippen LogP contribution is -2.62. The Bertz CT molecular complexity index is 749. The van der Waals surface area contributed by atoms with Gasteiger partial charge in [-0.05, 0) is 75.2 Å². The standard InChI is InChI=1S/C22H28N2O2/c1-13-2-4-17(5-3-13)22(6-7-22)20(26)24-18-15-8-14-9-16(18)12-21(10-14,11-15)19(23)25/h2-5,14-16,18H,6-12H2,1H3,(H2,23,25)(H,24,26). The van der Waals surface area contributed by atoms with Crippen LogP contribution in [0, 0.1) is 30.1 Å². The fourth-order valence-electron chi connectivity index (χ4n) is 6.50. The van der Waals surface area contributed by atoms with Gasteiger partial charge in [-0.2, -0.15) is 0 Å². The zero-order valence-corrected chi connectivity index (χ0v) is 15.5. The van der Waals surface area contributed by atoms with Gasteiger partial charge in [-0.3, -0.25) is 9.59 Å². The monoisotopic (exact) mass is 352 g/mol. The van der Waals surface area contributed by atoms with E-state index in [4.69, 9.17) is 5.73 Å². The van der Waals surface area contributed by atoms with Crippen LogP contribution < -0.4 is 11.1 Å². The van der Waals surface area contributed by atoms with E-state index in [-0.39, 0.29) is 28.7 Å². The molecular weight excluding hydrogens is 324 g/mol. The predicted molar refractivity (Wildman–Crippen MR) is 99.2 cm³/mol. The number of aryl methyl sites for hydroxylation is 1. The maximum atomic E-state index is 13.2. The van der Waals surface area contributed by atoms with E-state index in [0.29, 0.717) is 17.8 Å². The molecule has 0 heterocycles. The maximum absolute atomic E-state index is 13.2. The van der Waals surface area contributed by atoms with E-state index in [1.165, 1.54) is 5.56 Å². The summed E-state index contributed by atoms with van der Waals surface area (Å²) in [5, 5.41) is 3.44. The number of carbonyl (C=O) groups is 2. The van der Waals surface area contributed by atoms with Crippen molar-refractivity contribution >= 4 is 11.8 Å². The smallest absolute Gasteiger partial charge is 0.230 e. The molecule has 4 nitrogen and oxygen atoms in total. The summed E-state index contributed by atoms with van der Waals surface area (Å²) in [5.74, 6) is 1.56. The number of hydrogen-bond donors (Lipinski definition) is 2. The van der Waals surface area contributed by atoms with Gasteiger partial charge in [0.2, 0.25) is 11.8 Å². The van der Waals surface area contributed by atoms with Gasteiger partial charge in [0.25, 0.3) is 0 Å². The number of nitrogens with one attached hydrogen (secondary N) is 1. The summed E-state index contributed by atoms with van der Waals surface area (Å²) in [6.45, 7) is 2.08. The van der Waals surface area contributed by atoms with Crippen LogP contribution in [-0.2, 0) is 15.0 Å². The SMILES string of the molecule is Cc1ccc(C2(C(=O)NC3C4CC5CC3CC(C(N)=O)(C5)C4)CC2)cc1. The highest BCUT2D eigenvalue weighted by atomic mass is 16.2. The Morgan fingerprint density at radius 1 is 1.04 bits per heavy atom. The van der Waals surface area contributed by atoms with Crippen molar-refractivity contribution in [3.05, 3.63) is 35.4 Å². The Balaban J connectivity index is 1.35. The third kappa shape index (κ3) is 2.27. The number of carbonyl (C=O) groups excluding carboxylic acids is 2. The Labute approximate surface area is 154 Å². The fourth-order valence-corrected chi connectivity index (χ4v) is 6.50. The van der Waals surface area contributed by atoms with Crippen molar-refractivity contribution in [2.75, 3.05) is 0 Å². The molecule has 26 heavy (non-hydrogen) atoms. The second-order valence-corrected chi connectivity index (χ2v) is 9.56. The molecule has 5 saturated carbocycles. The zero-order valence-electron chi connectivity index (χ0n) is 15.5. The third-order valence-electron chi connectivity index (χ3n) is 7.88. The van der Waals surface area contributed by atoms with Crippen LogP contribution in [0.3, 0.4) is 0 Å². The minimum Gasteiger partial charge on any atom is -0.369 e. The molecule has 2 amide bonds. The molecule has 138 valence electrons. The quantitative estimate of drug-likeness (QED) is 0.874. The zero-order chi connectivity index (χ0) is 18.1. The summed E-state index contributed by atoms with van der Waals surface area (Å²) in [6.07, 6.45) is 6.90. The van der Waals surface area contributed by atoms with Crippen molar-refractivity contribution in [2.24, 2.45) is 28.9 Å². The molecule has 0 spiro atoms. The van der Waals surface area contributed by atoms with Crippen LogP contribution in [0.25, 0.3) is 0 Å². The molecule has 5 aliphatic rings. The largest absolute Gasteiger partial charge is 0.369 e. The first-order chi connectivity index (χ1) is 12.4. The lowest BCUT2D eigenvalue weighted by atomic mass is 9.47. The second kappa shape index (κ2) is 5.34. The molecule has 1 aromatic rings. The van der Waals surface area contributed by atoms with Crippen molar-refractivity contribution in [1.82, 2.24) is 5.32 Å². The lowest BCUT2D eigenvalue weighted by Gasteiger charge is -2.59. The summed E-state index contributed by atoms with van der Waals surface area (Å²) in [5.41, 5.74) is 7.55.